The number of hydrogen-bond donors (Lipinski definition) is 0. The summed E-state index contributed by atoms with van der Waals surface area (Å²) in [5.74, 6) is -1.17. The summed E-state index contributed by atoms with van der Waals surface area (Å²) in [6.45, 7) is 7.46. The average molecular weight is 504 g/mol. The molecular formula is C24H41NO10. The molecule has 2 heterocycles. The molecule has 2 fully saturated rings. The molecule has 0 aromatic carbocycles. The highest BCUT2D eigenvalue weighted by atomic mass is 16.8. The maximum absolute atomic E-state index is 12.2. The Morgan fingerprint density at radius 3 is 1.89 bits per heavy atom. The molecule has 0 N–H and O–H groups in total. The molecule has 0 radical (unpaired) electrons. The van der Waals surface area contributed by atoms with E-state index in [1.807, 2.05) is 0 Å². The molecule has 0 bridgehead atoms. The third-order valence-electron chi connectivity index (χ3n) is 5.79. The maximum Gasteiger partial charge on any atom is 0.534 e. The highest BCUT2D eigenvalue weighted by Gasteiger charge is 2.49. The number of hydroxylamine groups is 2. The van der Waals surface area contributed by atoms with Gasteiger partial charge in [0.2, 0.25) is 0 Å². The Morgan fingerprint density at radius 2 is 1.37 bits per heavy atom. The lowest BCUT2D eigenvalue weighted by molar-refractivity contribution is -0.317. The van der Waals surface area contributed by atoms with E-state index >= 15 is 0 Å². The number of unbranched alkanes of at least 4 members (excludes halogenated alkanes) is 3. The Labute approximate surface area is 207 Å². The summed E-state index contributed by atoms with van der Waals surface area (Å²) < 4.78 is 35.4. The van der Waals surface area contributed by atoms with Crippen molar-refractivity contribution in [3.8, 4) is 0 Å². The molecule has 2 amide bonds. The van der Waals surface area contributed by atoms with Gasteiger partial charge in [0.05, 0.1) is 0 Å². The molecule has 0 aromatic heterocycles. The van der Waals surface area contributed by atoms with Crippen LogP contribution in [-0.2, 0) is 42.8 Å². The predicted octanol–water partition coefficient (Wildman–Crippen LogP) is 3.13. The number of amides is 2. The van der Waals surface area contributed by atoms with Crippen LogP contribution in [0.5, 0.6) is 0 Å². The summed E-state index contributed by atoms with van der Waals surface area (Å²) in [5, 5.41) is 0.436. The first kappa shape index (κ1) is 29.4. The van der Waals surface area contributed by atoms with Gasteiger partial charge in [-0.25, -0.2) is 4.79 Å². The molecule has 5 unspecified atom stereocenters. The van der Waals surface area contributed by atoms with Crippen LogP contribution in [0.15, 0.2) is 0 Å². The minimum absolute atomic E-state index is 0.00307. The lowest BCUT2D eigenvalue weighted by Crippen LogP contribution is -2.62. The molecule has 0 spiro atoms. The number of carbonyl (C=O) groups is 3. The number of imide groups is 1. The van der Waals surface area contributed by atoms with Gasteiger partial charge in [-0.05, 0) is 19.3 Å². The van der Waals surface area contributed by atoms with Gasteiger partial charge in [0, 0.05) is 39.8 Å². The number of nitrogens with zero attached hydrogens (tertiary/aromatic N) is 1. The molecule has 2 aliphatic rings. The number of carbonyl (C=O) groups excluding carboxylic acids is 3. The summed E-state index contributed by atoms with van der Waals surface area (Å²) in [6.07, 6.45) is 1.12. The van der Waals surface area contributed by atoms with Crippen LogP contribution in [0.2, 0.25) is 0 Å². The van der Waals surface area contributed by atoms with Crippen molar-refractivity contribution in [2.45, 2.75) is 103 Å². The van der Waals surface area contributed by atoms with Gasteiger partial charge in [0.1, 0.15) is 31.0 Å². The quantitative estimate of drug-likeness (QED) is 0.176. The summed E-state index contributed by atoms with van der Waals surface area (Å²) in [4.78, 5) is 40.4. The van der Waals surface area contributed by atoms with E-state index in [0.717, 1.165) is 38.5 Å². The lowest BCUT2D eigenvalue weighted by atomic mass is 9.98. The molecule has 2 rings (SSSR count). The molecule has 0 saturated carbocycles. The van der Waals surface area contributed by atoms with E-state index in [-0.39, 0.29) is 19.4 Å². The molecular weight excluding hydrogens is 462 g/mol. The monoisotopic (exact) mass is 503 g/mol. The summed E-state index contributed by atoms with van der Waals surface area (Å²) in [5.41, 5.74) is 0. The Hall–Kier alpha value is -1.79. The third kappa shape index (κ3) is 8.98. The Kier molecular flexibility index (Phi) is 13.5. The second-order valence-corrected chi connectivity index (χ2v) is 8.58. The van der Waals surface area contributed by atoms with Gasteiger partial charge in [-0.1, -0.05) is 45.1 Å². The predicted molar refractivity (Wildman–Crippen MR) is 123 cm³/mol. The molecule has 35 heavy (non-hydrogen) atoms. The fourth-order valence-electron chi connectivity index (χ4n) is 3.77. The van der Waals surface area contributed by atoms with Crippen LogP contribution in [0, 0.1) is 0 Å². The van der Waals surface area contributed by atoms with Crippen molar-refractivity contribution in [3.63, 3.8) is 0 Å². The van der Waals surface area contributed by atoms with Crippen LogP contribution in [0.1, 0.15) is 72.1 Å². The number of hydrogen-bond acceptors (Lipinski definition) is 10. The van der Waals surface area contributed by atoms with Gasteiger partial charge < -0.3 is 28.4 Å². The Morgan fingerprint density at radius 1 is 0.857 bits per heavy atom. The van der Waals surface area contributed by atoms with E-state index in [2.05, 4.69) is 20.8 Å². The van der Waals surface area contributed by atoms with Crippen LogP contribution in [0.3, 0.4) is 0 Å². The first-order chi connectivity index (χ1) is 17.0. The largest absolute Gasteiger partial charge is 0.534 e. The zero-order chi connectivity index (χ0) is 25.6. The average Bonchev–Trinajstić information content (AvgIpc) is 3.16. The molecule has 5 atom stereocenters. The number of rotatable bonds is 16. The van der Waals surface area contributed by atoms with Crippen LogP contribution in [-0.4, -0.2) is 87.3 Å². The normalized spacial score (nSPS) is 26.9. The zero-order valence-corrected chi connectivity index (χ0v) is 21.4. The van der Waals surface area contributed by atoms with Crippen molar-refractivity contribution in [3.05, 3.63) is 0 Å². The molecule has 2 aliphatic heterocycles. The van der Waals surface area contributed by atoms with Crippen molar-refractivity contribution >= 4 is 18.0 Å². The summed E-state index contributed by atoms with van der Waals surface area (Å²) >= 11 is 0. The standard InChI is InChI=1S/C24H41NO10/c1-5-8-13-30-20-17(16-33-24(28)35-25-18(26)11-12-19(25)27)34-23(29-4)22(32-15-10-7-3)21(20)31-14-9-6-2/h17,20-23H,5-16H2,1-4H3. The smallest absolute Gasteiger partial charge is 0.430 e. The van der Waals surface area contributed by atoms with Gasteiger partial charge in [0.25, 0.3) is 11.8 Å². The Bertz CT molecular complexity index is 644. The molecule has 11 heteroatoms. The number of ether oxygens (including phenoxy) is 6. The van der Waals surface area contributed by atoms with Crippen molar-refractivity contribution in [2.75, 3.05) is 33.5 Å². The zero-order valence-electron chi connectivity index (χ0n) is 21.4. The molecule has 11 nitrogen and oxygen atoms in total. The van der Waals surface area contributed by atoms with E-state index in [1.165, 1.54) is 7.11 Å². The summed E-state index contributed by atoms with van der Waals surface area (Å²) in [7, 11) is 1.51. The van der Waals surface area contributed by atoms with Crippen molar-refractivity contribution < 1.29 is 47.6 Å². The maximum atomic E-state index is 12.2. The van der Waals surface area contributed by atoms with Gasteiger partial charge in [-0.15, -0.1) is 0 Å². The van der Waals surface area contributed by atoms with Gasteiger partial charge in [-0.3, -0.25) is 14.4 Å². The second kappa shape index (κ2) is 16.1. The third-order valence-corrected chi connectivity index (χ3v) is 5.79. The minimum atomic E-state index is -1.18. The van der Waals surface area contributed by atoms with Crippen LogP contribution in [0.4, 0.5) is 4.79 Å². The van der Waals surface area contributed by atoms with Crippen molar-refractivity contribution in [1.82, 2.24) is 5.06 Å². The molecule has 0 aromatic rings. The van der Waals surface area contributed by atoms with E-state index in [9.17, 15) is 14.4 Å². The van der Waals surface area contributed by atoms with Gasteiger partial charge in [0.15, 0.2) is 6.29 Å². The van der Waals surface area contributed by atoms with Gasteiger partial charge >= 0.3 is 6.16 Å². The van der Waals surface area contributed by atoms with E-state index in [1.54, 1.807) is 0 Å². The summed E-state index contributed by atoms with van der Waals surface area (Å²) in [6, 6.07) is 0. The molecule has 0 aliphatic carbocycles. The fraction of sp³-hybridized carbons (Fsp3) is 0.875. The highest BCUT2D eigenvalue weighted by Crippen LogP contribution is 2.30. The SMILES string of the molecule is CCCCOC1C(COC(=O)ON2C(=O)CCC2=O)OC(OC)C(OCCCC)C1OCCCC. The minimum Gasteiger partial charge on any atom is -0.430 e. The van der Waals surface area contributed by atoms with Crippen molar-refractivity contribution in [2.24, 2.45) is 0 Å². The van der Waals surface area contributed by atoms with Crippen molar-refractivity contribution in [1.29, 1.82) is 0 Å². The molecule has 202 valence electrons. The first-order valence-electron chi connectivity index (χ1n) is 12.7. The lowest BCUT2D eigenvalue weighted by Gasteiger charge is -2.45. The highest BCUT2D eigenvalue weighted by molar-refractivity contribution is 6.01. The number of methoxy groups -OCH3 is 1. The molecule has 2 saturated heterocycles. The second-order valence-electron chi connectivity index (χ2n) is 8.58. The van der Waals surface area contributed by atoms with E-state index in [4.69, 9.17) is 33.3 Å². The van der Waals surface area contributed by atoms with Crippen LogP contribution in [0.25, 0.3) is 0 Å². The van der Waals surface area contributed by atoms with Crippen LogP contribution >= 0.6 is 0 Å². The van der Waals surface area contributed by atoms with E-state index in [0.29, 0.717) is 24.9 Å². The van der Waals surface area contributed by atoms with Gasteiger partial charge in [-0.2, -0.15) is 0 Å². The topological polar surface area (TPSA) is 119 Å². The first-order valence-corrected chi connectivity index (χ1v) is 12.7. The van der Waals surface area contributed by atoms with E-state index < -0.39 is 48.7 Å². The Balaban J connectivity index is 2.13. The fourth-order valence-corrected chi connectivity index (χ4v) is 3.77. The van der Waals surface area contributed by atoms with Crippen LogP contribution < -0.4 is 0 Å².